The quantitative estimate of drug-likeness (QED) is 0.497. The molecule has 0 unspecified atom stereocenters. The topological polar surface area (TPSA) is 127 Å². The molecule has 35 heavy (non-hydrogen) atoms. The summed E-state index contributed by atoms with van der Waals surface area (Å²) in [6, 6.07) is 8.86. The molecular weight excluding hydrogens is 450 g/mol. The molecule has 1 amide bonds. The van der Waals surface area contributed by atoms with Crippen molar-refractivity contribution in [3.8, 4) is 5.69 Å². The number of ether oxygens (including phenoxy) is 1. The van der Waals surface area contributed by atoms with E-state index in [4.69, 9.17) is 9.26 Å². The highest BCUT2D eigenvalue weighted by Gasteiger charge is 2.28. The number of nitrogens with one attached hydrogen (secondary N) is 2. The SMILES string of the molecule is COC1CN(c2ccc(=O)n(-c3ccc(N[C@@H]4CC[C@H](CNC(=O)c5cc(C)no5)C4)nc3)n2)C1. The van der Waals surface area contributed by atoms with Crippen LogP contribution in [-0.2, 0) is 4.74 Å². The van der Waals surface area contributed by atoms with Crippen molar-refractivity contribution in [1.82, 2.24) is 25.2 Å². The Hall–Kier alpha value is -3.73. The number of amides is 1. The summed E-state index contributed by atoms with van der Waals surface area (Å²) < 4.78 is 11.7. The molecule has 1 saturated heterocycles. The van der Waals surface area contributed by atoms with Crippen LogP contribution in [0.2, 0.25) is 0 Å². The van der Waals surface area contributed by atoms with E-state index in [1.54, 1.807) is 32.4 Å². The minimum atomic E-state index is -0.236. The number of hydrogen-bond donors (Lipinski definition) is 2. The molecule has 184 valence electrons. The Bertz CT molecular complexity index is 1230. The fraction of sp³-hybridized carbons (Fsp3) is 0.458. The summed E-state index contributed by atoms with van der Waals surface area (Å²) in [6.07, 6.45) is 4.79. The third kappa shape index (κ3) is 5.19. The van der Waals surface area contributed by atoms with Crippen molar-refractivity contribution in [1.29, 1.82) is 0 Å². The van der Waals surface area contributed by atoms with Gasteiger partial charge in [0.2, 0.25) is 5.76 Å². The van der Waals surface area contributed by atoms with E-state index in [0.717, 1.165) is 44.0 Å². The molecule has 2 aliphatic rings. The molecule has 2 fully saturated rings. The van der Waals surface area contributed by atoms with Crippen LogP contribution >= 0.6 is 0 Å². The zero-order valence-corrected chi connectivity index (χ0v) is 19.8. The van der Waals surface area contributed by atoms with Crippen LogP contribution < -0.4 is 21.1 Å². The third-order valence-electron chi connectivity index (χ3n) is 6.58. The van der Waals surface area contributed by atoms with E-state index >= 15 is 0 Å². The molecule has 4 heterocycles. The lowest BCUT2D eigenvalue weighted by molar-refractivity contribution is 0.0781. The summed E-state index contributed by atoms with van der Waals surface area (Å²) in [5.74, 6) is 1.87. The predicted octanol–water partition coefficient (Wildman–Crippen LogP) is 1.77. The van der Waals surface area contributed by atoms with Gasteiger partial charge in [-0.1, -0.05) is 5.16 Å². The zero-order chi connectivity index (χ0) is 24.4. The van der Waals surface area contributed by atoms with Crippen LogP contribution in [0.5, 0.6) is 0 Å². The van der Waals surface area contributed by atoms with Crippen molar-refractivity contribution in [3.63, 3.8) is 0 Å². The molecule has 11 heteroatoms. The molecule has 1 aliphatic heterocycles. The summed E-state index contributed by atoms with van der Waals surface area (Å²) in [7, 11) is 1.70. The Morgan fingerprint density at radius 1 is 1.23 bits per heavy atom. The number of anilines is 2. The van der Waals surface area contributed by atoms with Crippen LogP contribution in [0, 0.1) is 12.8 Å². The van der Waals surface area contributed by atoms with E-state index in [2.05, 4.69) is 30.8 Å². The molecule has 3 aromatic rings. The van der Waals surface area contributed by atoms with Crippen LogP contribution in [0.3, 0.4) is 0 Å². The van der Waals surface area contributed by atoms with Crippen molar-refractivity contribution in [2.45, 2.75) is 38.3 Å². The maximum absolute atomic E-state index is 12.4. The van der Waals surface area contributed by atoms with Gasteiger partial charge in [-0.25, -0.2) is 4.98 Å². The molecule has 1 saturated carbocycles. The maximum Gasteiger partial charge on any atom is 0.289 e. The van der Waals surface area contributed by atoms with Crippen LogP contribution in [0.1, 0.15) is 35.5 Å². The lowest BCUT2D eigenvalue weighted by Gasteiger charge is -2.38. The van der Waals surface area contributed by atoms with Gasteiger partial charge >= 0.3 is 0 Å². The Balaban J connectivity index is 1.15. The van der Waals surface area contributed by atoms with Gasteiger partial charge in [-0.05, 0) is 50.3 Å². The second-order valence-corrected chi connectivity index (χ2v) is 9.17. The number of aromatic nitrogens is 4. The molecule has 1 aliphatic carbocycles. The van der Waals surface area contributed by atoms with Crippen LogP contribution in [0.4, 0.5) is 11.6 Å². The smallest absolute Gasteiger partial charge is 0.289 e. The number of nitrogens with zero attached hydrogens (tertiary/aromatic N) is 5. The number of aryl methyl sites for hydroxylation is 1. The van der Waals surface area contributed by atoms with E-state index < -0.39 is 0 Å². The first kappa shape index (κ1) is 23.0. The molecule has 2 N–H and O–H groups in total. The molecule has 0 radical (unpaired) electrons. The van der Waals surface area contributed by atoms with E-state index in [9.17, 15) is 9.59 Å². The second kappa shape index (κ2) is 9.87. The van der Waals surface area contributed by atoms with Crippen LogP contribution in [0.25, 0.3) is 5.69 Å². The number of rotatable bonds is 8. The summed E-state index contributed by atoms with van der Waals surface area (Å²) in [5, 5.41) is 14.6. The number of carbonyl (C=O) groups excluding carboxylic acids is 1. The van der Waals surface area contributed by atoms with Gasteiger partial charge in [-0.3, -0.25) is 9.59 Å². The molecule has 0 bridgehead atoms. The van der Waals surface area contributed by atoms with E-state index in [1.807, 2.05) is 12.1 Å². The molecule has 11 nitrogen and oxygen atoms in total. The minimum Gasteiger partial charge on any atom is -0.378 e. The van der Waals surface area contributed by atoms with Gasteiger partial charge in [-0.2, -0.15) is 4.68 Å². The first-order valence-electron chi connectivity index (χ1n) is 11.8. The van der Waals surface area contributed by atoms with Crippen molar-refractivity contribution in [3.05, 3.63) is 58.3 Å². The minimum absolute atomic E-state index is 0.202. The van der Waals surface area contributed by atoms with Crippen LogP contribution in [0.15, 0.2) is 45.8 Å². The summed E-state index contributed by atoms with van der Waals surface area (Å²) in [5.41, 5.74) is 1.09. The van der Waals surface area contributed by atoms with Gasteiger partial charge < -0.3 is 24.8 Å². The van der Waals surface area contributed by atoms with E-state index in [0.29, 0.717) is 23.8 Å². The highest BCUT2D eigenvalue weighted by Crippen LogP contribution is 2.27. The van der Waals surface area contributed by atoms with Gasteiger partial charge in [0.05, 0.1) is 23.7 Å². The zero-order valence-electron chi connectivity index (χ0n) is 19.8. The van der Waals surface area contributed by atoms with Crippen LogP contribution in [-0.4, -0.2) is 64.7 Å². The summed E-state index contributed by atoms with van der Waals surface area (Å²) in [4.78, 5) is 31.1. The molecule has 5 rings (SSSR count). The molecule has 3 aromatic heterocycles. The largest absolute Gasteiger partial charge is 0.378 e. The lowest BCUT2D eigenvalue weighted by atomic mass is 10.1. The van der Waals surface area contributed by atoms with Gasteiger partial charge in [-0.15, -0.1) is 5.10 Å². The predicted molar refractivity (Wildman–Crippen MR) is 129 cm³/mol. The van der Waals surface area contributed by atoms with Gasteiger partial charge in [0, 0.05) is 44.9 Å². The average Bonchev–Trinajstić information content (AvgIpc) is 3.47. The van der Waals surface area contributed by atoms with Crippen molar-refractivity contribution in [2.24, 2.45) is 5.92 Å². The first-order chi connectivity index (χ1) is 17.0. The fourth-order valence-electron chi connectivity index (χ4n) is 4.52. The fourth-order valence-corrected chi connectivity index (χ4v) is 4.52. The molecular formula is C24H29N7O4. The highest BCUT2D eigenvalue weighted by molar-refractivity contribution is 5.91. The second-order valence-electron chi connectivity index (χ2n) is 9.17. The monoisotopic (exact) mass is 479 g/mol. The number of methoxy groups -OCH3 is 1. The summed E-state index contributed by atoms with van der Waals surface area (Å²) in [6.45, 7) is 3.89. The lowest BCUT2D eigenvalue weighted by Crippen LogP contribution is -2.52. The number of carbonyl (C=O) groups is 1. The van der Waals surface area contributed by atoms with Crippen molar-refractivity contribution in [2.75, 3.05) is 37.0 Å². The highest BCUT2D eigenvalue weighted by atomic mass is 16.5. The van der Waals surface area contributed by atoms with Gasteiger partial charge in [0.1, 0.15) is 11.6 Å². The Kier molecular flexibility index (Phi) is 6.49. The number of hydrogen-bond acceptors (Lipinski definition) is 9. The molecule has 2 atom stereocenters. The normalized spacial score (nSPS) is 20.0. The first-order valence-corrected chi connectivity index (χ1v) is 11.8. The standard InChI is InChI=1S/C24H29N7O4/c1-15-9-20(35-29-15)24(33)26-11-16-3-4-17(10-16)27-21-6-5-18(12-25-21)31-23(32)8-7-22(28-31)30-13-19(14-30)34-2/h5-9,12,16-17,19H,3-4,10-11,13-14H2,1-2H3,(H,25,27)(H,26,33)/t16-,17+/m0/s1. The van der Waals surface area contributed by atoms with E-state index in [-0.39, 0.29) is 29.4 Å². The Labute approximate surface area is 202 Å². The molecule has 0 spiro atoms. The summed E-state index contributed by atoms with van der Waals surface area (Å²) >= 11 is 0. The third-order valence-corrected chi connectivity index (χ3v) is 6.58. The molecule has 0 aromatic carbocycles. The number of pyridine rings is 1. The Morgan fingerprint density at radius 2 is 2.09 bits per heavy atom. The average molecular weight is 480 g/mol. The van der Waals surface area contributed by atoms with Gasteiger partial charge in [0.25, 0.3) is 11.5 Å². The Morgan fingerprint density at radius 3 is 2.80 bits per heavy atom. The van der Waals surface area contributed by atoms with Crippen molar-refractivity contribution < 1.29 is 14.1 Å². The maximum atomic E-state index is 12.4. The van der Waals surface area contributed by atoms with Crippen molar-refractivity contribution >= 4 is 17.5 Å². The van der Waals surface area contributed by atoms with Gasteiger partial charge in [0.15, 0.2) is 0 Å². The van der Waals surface area contributed by atoms with E-state index in [1.165, 1.54) is 10.7 Å².